The molecule has 0 aromatic heterocycles. The summed E-state index contributed by atoms with van der Waals surface area (Å²) in [5, 5.41) is 3.02. The molecule has 150 valence electrons. The van der Waals surface area contributed by atoms with Gasteiger partial charge in [0.25, 0.3) is 0 Å². The van der Waals surface area contributed by atoms with E-state index in [1.165, 1.54) is 9.87 Å². The molecular weight excluding hydrogens is 372 g/mol. The van der Waals surface area contributed by atoms with Crippen LogP contribution in [0.4, 0.5) is 0 Å². The number of rotatable bonds is 7. The molecule has 1 amide bonds. The number of carbonyl (C=O) groups is 1. The fraction of sp³-hybridized carbons (Fsp3) is 0.409. The van der Waals surface area contributed by atoms with Gasteiger partial charge in [0.1, 0.15) is 0 Å². The molecule has 5 nitrogen and oxygen atoms in total. The summed E-state index contributed by atoms with van der Waals surface area (Å²) < 4.78 is 26.9. The number of nitrogens with zero attached hydrogens (tertiary/aromatic N) is 1. The van der Waals surface area contributed by atoms with Crippen LogP contribution in [0, 0.1) is 5.92 Å². The third kappa shape index (κ3) is 5.20. The summed E-state index contributed by atoms with van der Waals surface area (Å²) in [6.45, 7) is 3.65. The monoisotopic (exact) mass is 400 g/mol. The molecule has 3 rings (SSSR count). The number of hydrogen-bond donors (Lipinski definition) is 1. The zero-order chi connectivity index (χ0) is 20.0. The van der Waals surface area contributed by atoms with E-state index >= 15 is 0 Å². The Hall–Kier alpha value is -2.18. The first-order valence-electron chi connectivity index (χ1n) is 9.83. The van der Waals surface area contributed by atoms with Crippen molar-refractivity contribution in [3.63, 3.8) is 0 Å². The van der Waals surface area contributed by atoms with Crippen LogP contribution in [-0.4, -0.2) is 38.3 Å². The average molecular weight is 401 g/mol. The molecule has 0 aliphatic carbocycles. The SMILES string of the molecule is CC(CNC(=O)CC1CCN(S(=O)(=O)c2ccccc2)CC1)c1ccccc1. The van der Waals surface area contributed by atoms with Gasteiger partial charge in [-0.05, 0) is 42.4 Å². The maximum atomic E-state index is 12.7. The molecule has 0 bridgehead atoms. The number of sulfonamides is 1. The van der Waals surface area contributed by atoms with Gasteiger partial charge in [-0.25, -0.2) is 8.42 Å². The Morgan fingerprint density at radius 3 is 2.21 bits per heavy atom. The molecule has 0 spiro atoms. The molecule has 6 heteroatoms. The molecule has 1 aliphatic heterocycles. The summed E-state index contributed by atoms with van der Waals surface area (Å²) in [6, 6.07) is 18.7. The van der Waals surface area contributed by atoms with Gasteiger partial charge in [0.2, 0.25) is 15.9 Å². The second-order valence-corrected chi connectivity index (χ2v) is 9.42. The Labute approximate surface area is 167 Å². The summed E-state index contributed by atoms with van der Waals surface area (Å²) in [7, 11) is -3.43. The van der Waals surface area contributed by atoms with E-state index in [9.17, 15) is 13.2 Å². The highest BCUT2D eigenvalue weighted by atomic mass is 32.2. The highest BCUT2D eigenvalue weighted by Gasteiger charge is 2.30. The van der Waals surface area contributed by atoms with Gasteiger partial charge in [-0.1, -0.05) is 55.5 Å². The number of hydrogen-bond acceptors (Lipinski definition) is 3. The molecule has 1 N–H and O–H groups in total. The Kier molecular flexibility index (Phi) is 6.86. The van der Waals surface area contributed by atoms with Crippen molar-refractivity contribution in [1.82, 2.24) is 9.62 Å². The van der Waals surface area contributed by atoms with Gasteiger partial charge in [0.05, 0.1) is 4.90 Å². The minimum Gasteiger partial charge on any atom is -0.355 e. The van der Waals surface area contributed by atoms with Crippen LogP contribution < -0.4 is 5.32 Å². The van der Waals surface area contributed by atoms with Gasteiger partial charge in [0.15, 0.2) is 0 Å². The fourth-order valence-corrected chi connectivity index (χ4v) is 5.09. The summed E-state index contributed by atoms with van der Waals surface area (Å²) in [6.07, 6.45) is 1.89. The lowest BCUT2D eigenvalue weighted by Crippen LogP contribution is -2.39. The zero-order valence-corrected chi connectivity index (χ0v) is 17.1. The van der Waals surface area contributed by atoms with Gasteiger partial charge >= 0.3 is 0 Å². The smallest absolute Gasteiger partial charge is 0.243 e. The van der Waals surface area contributed by atoms with Gasteiger partial charge < -0.3 is 5.32 Å². The molecule has 2 aromatic carbocycles. The Morgan fingerprint density at radius 2 is 1.61 bits per heavy atom. The highest BCUT2D eigenvalue weighted by Crippen LogP contribution is 2.25. The van der Waals surface area contributed by atoms with Gasteiger partial charge in [-0.3, -0.25) is 4.79 Å². The van der Waals surface area contributed by atoms with E-state index in [0.717, 1.165) is 0 Å². The number of benzene rings is 2. The first-order chi connectivity index (χ1) is 13.5. The van der Waals surface area contributed by atoms with Crippen LogP contribution in [0.5, 0.6) is 0 Å². The Bertz CT molecular complexity index is 861. The van der Waals surface area contributed by atoms with Crippen molar-refractivity contribution in [1.29, 1.82) is 0 Å². The van der Waals surface area contributed by atoms with E-state index in [1.807, 2.05) is 24.3 Å². The second-order valence-electron chi connectivity index (χ2n) is 7.48. The van der Waals surface area contributed by atoms with Gasteiger partial charge in [0, 0.05) is 26.1 Å². The maximum Gasteiger partial charge on any atom is 0.243 e. The minimum absolute atomic E-state index is 0.0483. The van der Waals surface area contributed by atoms with Gasteiger partial charge in [-0.15, -0.1) is 0 Å². The predicted octanol–water partition coefficient (Wildman–Crippen LogP) is 3.40. The number of piperidine rings is 1. The van der Waals surface area contributed by atoms with Crippen LogP contribution in [0.3, 0.4) is 0 Å². The molecule has 2 aromatic rings. The van der Waals surface area contributed by atoms with Gasteiger partial charge in [-0.2, -0.15) is 4.31 Å². The van der Waals surface area contributed by atoms with Crippen molar-refractivity contribution in [3.8, 4) is 0 Å². The van der Waals surface area contributed by atoms with Crippen LogP contribution in [-0.2, 0) is 14.8 Å². The van der Waals surface area contributed by atoms with Crippen molar-refractivity contribution >= 4 is 15.9 Å². The number of carbonyl (C=O) groups excluding carboxylic acids is 1. The average Bonchev–Trinajstić information content (AvgIpc) is 2.73. The first kappa shape index (κ1) is 20.6. The Morgan fingerprint density at radius 1 is 1.04 bits per heavy atom. The third-order valence-corrected chi connectivity index (χ3v) is 7.32. The van der Waals surface area contributed by atoms with E-state index in [-0.39, 0.29) is 17.7 Å². The third-order valence-electron chi connectivity index (χ3n) is 5.40. The molecule has 1 unspecified atom stereocenters. The Balaban J connectivity index is 1.44. The van der Waals surface area contributed by atoms with Crippen LogP contribution in [0.1, 0.15) is 37.7 Å². The number of nitrogens with one attached hydrogen (secondary N) is 1. The summed E-state index contributed by atoms with van der Waals surface area (Å²) in [5.41, 5.74) is 1.21. The first-order valence-corrected chi connectivity index (χ1v) is 11.3. The zero-order valence-electron chi connectivity index (χ0n) is 16.3. The number of amides is 1. The molecule has 0 radical (unpaired) electrons. The van der Waals surface area contributed by atoms with E-state index in [0.29, 0.717) is 43.8 Å². The van der Waals surface area contributed by atoms with Crippen molar-refractivity contribution in [2.75, 3.05) is 19.6 Å². The topological polar surface area (TPSA) is 66.5 Å². The molecule has 1 atom stereocenters. The van der Waals surface area contributed by atoms with Crippen LogP contribution in [0.2, 0.25) is 0 Å². The summed E-state index contributed by atoms with van der Waals surface area (Å²) >= 11 is 0. The normalized spacial score (nSPS) is 17.2. The van der Waals surface area contributed by atoms with E-state index in [1.54, 1.807) is 24.3 Å². The van der Waals surface area contributed by atoms with Crippen LogP contribution in [0.15, 0.2) is 65.6 Å². The van der Waals surface area contributed by atoms with Crippen LogP contribution in [0.25, 0.3) is 0 Å². The minimum atomic E-state index is -3.43. The molecule has 1 saturated heterocycles. The summed E-state index contributed by atoms with van der Waals surface area (Å²) in [4.78, 5) is 12.6. The quantitative estimate of drug-likeness (QED) is 0.775. The van der Waals surface area contributed by atoms with Crippen molar-refractivity contribution in [3.05, 3.63) is 66.2 Å². The molecule has 0 saturated carbocycles. The summed E-state index contributed by atoms with van der Waals surface area (Å²) in [5.74, 6) is 0.546. The molecular formula is C22H28N2O3S. The van der Waals surface area contributed by atoms with E-state index in [2.05, 4.69) is 24.4 Å². The fourth-order valence-electron chi connectivity index (χ4n) is 3.60. The molecule has 28 heavy (non-hydrogen) atoms. The maximum absolute atomic E-state index is 12.7. The standard InChI is InChI=1S/C22H28N2O3S/c1-18(20-8-4-2-5-9-20)17-23-22(25)16-19-12-14-24(15-13-19)28(26,27)21-10-6-3-7-11-21/h2-11,18-19H,12-17H2,1H3,(H,23,25). The van der Waals surface area contributed by atoms with E-state index in [4.69, 9.17) is 0 Å². The van der Waals surface area contributed by atoms with Crippen molar-refractivity contribution in [2.24, 2.45) is 5.92 Å². The highest BCUT2D eigenvalue weighted by molar-refractivity contribution is 7.89. The lowest BCUT2D eigenvalue weighted by molar-refractivity contribution is -0.122. The lowest BCUT2D eigenvalue weighted by atomic mass is 9.94. The molecule has 1 heterocycles. The largest absolute Gasteiger partial charge is 0.355 e. The lowest BCUT2D eigenvalue weighted by Gasteiger charge is -2.31. The predicted molar refractivity (Wildman–Crippen MR) is 110 cm³/mol. The second kappa shape index (κ2) is 9.34. The molecule has 1 aliphatic rings. The van der Waals surface area contributed by atoms with Crippen LogP contribution >= 0.6 is 0 Å². The molecule has 1 fully saturated rings. The van der Waals surface area contributed by atoms with E-state index < -0.39 is 10.0 Å². The van der Waals surface area contributed by atoms with Crippen molar-refractivity contribution in [2.45, 2.75) is 37.0 Å². The van der Waals surface area contributed by atoms with Crippen molar-refractivity contribution < 1.29 is 13.2 Å².